The fourth-order valence-electron chi connectivity index (χ4n) is 5.42. The average molecular weight is 757 g/mol. The minimum atomic E-state index is -0.827. The van der Waals surface area contributed by atoms with Crippen molar-refractivity contribution in [3.8, 4) is 0 Å². The average Bonchev–Trinajstić information content (AvgIpc) is 3.44. The maximum atomic E-state index is 13.5. The van der Waals surface area contributed by atoms with Gasteiger partial charge in [0, 0.05) is 68.6 Å². The number of Topliss-reactive ketones (excluding diaryl/α,β-unsaturated/α-hetero) is 2. The molecule has 6 N–H and O–H groups in total. The predicted molar refractivity (Wildman–Crippen MR) is 200 cm³/mol. The van der Waals surface area contributed by atoms with Crippen molar-refractivity contribution >= 4 is 53.0 Å². The highest BCUT2D eigenvalue weighted by Crippen LogP contribution is 2.20. The molecule has 1 heterocycles. The number of carbonyl (C=O) groups excluding carboxylic acids is 8. The van der Waals surface area contributed by atoms with E-state index < -0.39 is 30.0 Å². The molecule has 54 heavy (non-hydrogen) atoms. The standard InChI is InChI=1S/C38H56N6O10/c1-25(2)30(45)17-21-53-22-19-41-38(52)54-24-27-11-13-29(14-12-27)42-36(50)28(9-8-18-40-37(39)51)23-31(46)35(26(3)4)43-32(47)10-6-5-7-20-44-33(48)15-16-34(44)49/h11-16,25-26,28,35H,5-10,17-24H2,1-4H3,(H,41,52)(H,42,50)(H,43,47)(H3,39,40,51)/t28-,35+/m1/s1. The fraction of sp³-hybridized carbons (Fsp3) is 0.579. The van der Waals surface area contributed by atoms with Crippen molar-refractivity contribution in [2.24, 2.45) is 23.5 Å². The molecule has 0 aliphatic carbocycles. The number of anilines is 1. The molecule has 2 atom stereocenters. The first-order valence-electron chi connectivity index (χ1n) is 18.5. The van der Waals surface area contributed by atoms with Crippen molar-refractivity contribution in [1.29, 1.82) is 0 Å². The van der Waals surface area contributed by atoms with Crippen LogP contribution in [0.1, 0.15) is 84.6 Å². The molecule has 0 spiro atoms. The molecule has 0 bridgehead atoms. The van der Waals surface area contributed by atoms with Crippen LogP contribution in [0.15, 0.2) is 36.4 Å². The van der Waals surface area contributed by atoms with E-state index in [9.17, 15) is 38.4 Å². The Hall–Kier alpha value is -5.12. The number of hydrogen-bond donors (Lipinski definition) is 5. The maximum Gasteiger partial charge on any atom is 0.407 e. The first-order chi connectivity index (χ1) is 25.7. The van der Waals surface area contributed by atoms with Crippen molar-refractivity contribution in [1.82, 2.24) is 20.9 Å². The number of nitrogens with one attached hydrogen (secondary N) is 4. The summed E-state index contributed by atoms with van der Waals surface area (Å²) in [5.74, 6) is -2.69. The number of unbranched alkanes of at least 4 members (excludes halogenated alkanes) is 2. The lowest BCUT2D eigenvalue weighted by molar-refractivity contribution is -0.137. The number of amides is 7. The summed E-state index contributed by atoms with van der Waals surface area (Å²) in [5, 5.41) is 10.7. The number of urea groups is 1. The quantitative estimate of drug-likeness (QED) is 0.0685. The lowest BCUT2D eigenvalue weighted by Crippen LogP contribution is -2.45. The van der Waals surface area contributed by atoms with Crippen LogP contribution >= 0.6 is 0 Å². The summed E-state index contributed by atoms with van der Waals surface area (Å²) in [7, 11) is 0. The van der Waals surface area contributed by atoms with Crippen LogP contribution < -0.4 is 27.0 Å². The van der Waals surface area contributed by atoms with E-state index in [4.69, 9.17) is 15.2 Å². The Morgan fingerprint density at radius 3 is 2.11 bits per heavy atom. The molecule has 0 saturated carbocycles. The minimum Gasteiger partial charge on any atom is -0.445 e. The van der Waals surface area contributed by atoms with Gasteiger partial charge in [-0.3, -0.25) is 33.7 Å². The van der Waals surface area contributed by atoms with Crippen LogP contribution in [0.5, 0.6) is 0 Å². The third-order valence-corrected chi connectivity index (χ3v) is 8.61. The highest BCUT2D eigenvalue weighted by Gasteiger charge is 2.29. The van der Waals surface area contributed by atoms with Gasteiger partial charge in [-0.2, -0.15) is 0 Å². The van der Waals surface area contributed by atoms with E-state index in [-0.39, 0.29) is 99.8 Å². The van der Waals surface area contributed by atoms with Gasteiger partial charge in [-0.15, -0.1) is 0 Å². The van der Waals surface area contributed by atoms with Gasteiger partial charge in [0.1, 0.15) is 12.4 Å². The van der Waals surface area contributed by atoms with Gasteiger partial charge in [0.05, 0.1) is 19.3 Å². The van der Waals surface area contributed by atoms with Crippen LogP contribution in [0.25, 0.3) is 0 Å². The molecule has 0 radical (unpaired) electrons. The summed E-state index contributed by atoms with van der Waals surface area (Å²) < 4.78 is 10.6. The molecule has 7 amide bonds. The Morgan fingerprint density at radius 2 is 1.48 bits per heavy atom. The molecule has 1 aromatic rings. The van der Waals surface area contributed by atoms with Crippen molar-refractivity contribution < 1.29 is 47.8 Å². The number of nitrogens with zero attached hydrogens (tertiary/aromatic N) is 1. The van der Waals surface area contributed by atoms with Gasteiger partial charge in [-0.1, -0.05) is 46.2 Å². The summed E-state index contributed by atoms with van der Waals surface area (Å²) in [5.41, 5.74) is 6.29. The monoisotopic (exact) mass is 756 g/mol. The second-order valence-corrected chi connectivity index (χ2v) is 13.7. The lowest BCUT2D eigenvalue weighted by Gasteiger charge is -2.24. The van der Waals surface area contributed by atoms with E-state index in [1.807, 2.05) is 13.8 Å². The summed E-state index contributed by atoms with van der Waals surface area (Å²) in [4.78, 5) is 99.1. The number of imide groups is 1. The third kappa shape index (κ3) is 17.6. The zero-order valence-electron chi connectivity index (χ0n) is 31.8. The molecule has 0 aromatic heterocycles. The minimum absolute atomic E-state index is 0.0194. The van der Waals surface area contributed by atoms with E-state index in [2.05, 4.69) is 21.3 Å². The maximum absolute atomic E-state index is 13.5. The molecule has 1 aliphatic heterocycles. The van der Waals surface area contributed by atoms with E-state index in [0.717, 1.165) is 4.90 Å². The number of benzene rings is 1. The largest absolute Gasteiger partial charge is 0.445 e. The van der Waals surface area contributed by atoms with Crippen molar-refractivity contribution in [3.05, 3.63) is 42.0 Å². The van der Waals surface area contributed by atoms with Gasteiger partial charge in [-0.25, -0.2) is 9.59 Å². The van der Waals surface area contributed by atoms with Crippen molar-refractivity contribution in [2.45, 2.75) is 91.7 Å². The first kappa shape index (κ1) is 45.0. The smallest absolute Gasteiger partial charge is 0.407 e. The Bertz CT molecular complexity index is 1460. The van der Waals surface area contributed by atoms with Crippen LogP contribution in [-0.2, 0) is 44.8 Å². The number of nitrogens with two attached hydrogens (primary N) is 1. The second kappa shape index (κ2) is 24.2. The van der Waals surface area contributed by atoms with E-state index in [0.29, 0.717) is 43.4 Å². The second-order valence-electron chi connectivity index (χ2n) is 13.7. The molecule has 0 unspecified atom stereocenters. The normalized spacial score (nSPS) is 13.5. The van der Waals surface area contributed by atoms with Gasteiger partial charge in [0.25, 0.3) is 11.8 Å². The Kier molecular flexibility index (Phi) is 20.2. The third-order valence-electron chi connectivity index (χ3n) is 8.61. The summed E-state index contributed by atoms with van der Waals surface area (Å²) in [6, 6.07) is 5.12. The topological polar surface area (TPSA) is 232 Å². The Balaban J connectivity index is 1.86. The highest BCUT2D eigenvalue weighted by molar-refractivity contribution is 6.12. The zero-order valence-corrected chi connectivity index (χ0v) is 31.8. The molecule has 0 saturated heterocycles. The summed E-state index contributed by atoms with van der Waals surface area (Å²) in [6.45, 7) is 8.48. The molecular weight excluding hydrogens is 700 g/mol. The van der Waals surface area contributed by atoms with Crippen LogP contribution in [0.2, 0.25) is 0 Å². The van der Waals surface area contributed by atoms with E-state index in [1.54, 1.807) is 38.1 Å². The van der Waals surface area contributed by atoms with Gasteiger partial charge in [0.15, 0.2) is 5.78 Å². The Morgan fingerprint density at radius 1 is 0.796 bits per heavy atom. The predicted octanol–water partition coefficient (Wildman–Crippen LogP) is 3.13. The molecule has 1 aromatic carbocycles. The number of alkyl carbamates (subject to hydrolysis) is 1. The highest BCUT2D eigenvalue weighted by atomic mass is 16.5. The zero-order chi connectivity index (χ0) is 40.0. The van der Waals surface area contributed by atoms with E-state index >= 15 is 0 Å². The first-order valence-corrected chi connectivity index (χ1v) is 18.5. The molecule has 16 nitrogen and oxygen atoms in total. The number of hydrogen-bond acceptors (Lipinski definition) is 10. The SMILES string of the molecule is CC(C)C(=O)CCOCCNC(=O)OCc1ccc(NC(=O)[C@H](CCCNC(N)=O)CC(=O)[C@@H](NC(=O)CCCCCN2C(=O)C=CC2=O)C(C)C)cc1. The van der Waals surface area contributed by atoms with Crippen LogP contribution in [-0.4, -0.2) is 91.1 Å². The van der Waals surface area contributed by atoms with Gasteiger partial charge >= 0.3 is 12.1 Å². The van der Waals surface area contributed by atoms with Crippen LogP contribution in [0.3, 0.4) is 0 Å². The van der Waals surface area contributed by atoms with Gasteiger partial charge in [-0.05, 0) is 49.3 Å². The Labute approximate surface area is 316 Å². The lowest BCUT2D eigenvalue weighted by atomic mass is 9.89. The molecule has 2 rings (SSSR count). The molecular formula is C38H56N6O10. The van der Waals surface area contributed by atoms with Gasteiger partial charge < -0.3 is 36.5 Å². The number of carbonyl (C=O) groups is 8. The number of ketones is 2. The fourth-order valence-corrected chi connectivity index (χ4v) is 5.42. The molecule has 1 aliphatic rings. The van der Waals surface area contributed by atoms with Crippen LogP contribution in [0.4, 0.5) is 15.3 Å². The molecule has 16 heteroatoms. The summed E-state index contributed by atoms with van der Waals surface area (Å²) in [6.07, 6.45) is 4.45. The van der Waals surface area contributed by atoms with Crippen molar-refractivity contribution in [3.63, 3.8) is 0 Å². The van der Waals surface area contributed by atoms with Crippen molar-refractivity contribution in [2.75, 3.05) is 38.2 Å². The molecule has 0 fully saturated rings. The number of rotatable bonds is 26. The summed E-state index contributed by atoms with van der Waals surface area (Å²) >= 11 is 0. The number of ether oxygens (including phenoxy) is 2. The van der Waals surface area contributed by atoms with Gasteiger partial charge in [0.2, 0.25) is 11.8 Å². The van der Waals surface area contributed by atoms with E-state index in [1.165, 1.54) is 12.2 Å². The molecule has 298 valence electrons. The van der Waals surface area contributed by atoms with Crippen LogP contribution in [0, 0.1) is 17.8 Å². The number of primary amides is 1.